The predicted molar refractivity (Wildman–Crippen MR) is 109 cm³/mol. The summed E-state index contributed by atoms with van der Waals surface area (Å²) >= 11 is 0. The topological polar surface area (TPSA) is 41.6 Å². The molecule has 4 heteroatoms. The van der Waals surface area contributed by atoms with Gasteiger partial charge in [0.05, 0.1) is 12.7 Å². The summed E-state index contributed by atoms with van der Waals surface area (Å²) in [4.78, 5) is 14.7. The zero-order valence-electron chi connectivity index (χ0n) is 16.2. The number of benzene rings is 2. The van der Waals surface area contributed by atoms with Crippen molar-refractivity contribution in [3.05, 3.63) is 71.3 Å². The smallest absolute Gasteiger partial charge is 0.251 e. The van der Waals surface area contributed by atoms with Gasteiger partial charge < -0.3 is 10.1 Å². The molecule has 1 heterocycles. The van der Waals surface area contributed by atoms with Crippen molar-refractivity contribution in [3.63, 3.8) is 0 Å². The molecule has 2 aromatic carbocycles. The zero-order valence-corrected chi connectivity index (χ0v) is 16.2. The number of nitrogens with one attached hydrogen (secondary N) is 1. The van der Waals surface area contributed by atoms with Crippen molar-refractivity contribution in [2.75, 3.05) is 32.8 Å². The lowest BCUT2D eigenvalue weighted by Gasteiger charge is -2.33. The highest BCUT2D eigenvalue weighted by molar-refractivity contribution is 5.94. The van der Waals surface area contributed by atoms with Crippen molar-refractivity contribution in [3.8, 4) is 0 Å². The van der Waals surface area contributed by atoms with Crippen molar-refractivity contribution in [2.24, 2.45) is 0 Å². The van der Waals surface area contributed by atoms with Crippen molar-refractivity contribution in [1.29, 1.82) is 0 Å². The maximum absolute atomic E-state index is 12.3. The van der Waals surface area contributed by atoms with Gasteiger partial charge in [0.1, 0.15) is 0 Å². The number of rotatable bonds is 8. The van der Waals surface area contributed by atoms with Crippen LogP contribution in [0.2, 0.25) is 0 Å². The fraction of sp³-hybridized carbons (Fsp3) is 0.435. The summed E-state index contributed by atoms with van der Waals surface area (Å²) in [5.74, 6) is 0.0159. The third-order valence-electron chi connectivity index (χ3n) is 5.01. The van der Waals surface area contributed by atoms with Crippen LogP contribution in [-0.2, 0) is 11.2 Å². The van der Waals surface area contributed by atoms with Crippen molar-refractivity contribution >= 4 is 5.91 Å². The van der Waals surface area contributed by atoms with Gasteiger partial charge >= 0.3 is 0 Å². The Balaban J connectivity index is 1.38. The molecule has 1 atom stereocenters. The molecule has 1 N–H and O–H groups in total. The summed E-state index contributed by atoms with van der Waals surface area (Å²) in [6, 6.07) is 18.3. The molecule has 4 nitrogen and oxygen atoms in total. The van der Waals surface area contributed by atoms with E-state index in [0.29, 0.717) is 6.54 Å². The van der Waals surface area contributed by atoms with Gasteiger partial charge in [-0.05, 0) is 36.1 Å². The maximum Gasteiger partial charge on any atom is 0.251 e. The second-order valence-electron chi connectivity index (χ2n) is 7.13. The van der Waals surface area contributed by atoms with Gasteiger partial charge in [0.2, 0.25) is 0 Å². The number of ether oxygens (including phenoxy) is 1. The molecule has 0 aliphatic carbocycles. The van der Waals surface area contributed by atoms with Gasteiger partial charge in [-0.3, -0.25) is 9.69 Å². The van der Waals surface area contributed by atoms with Gasteiger partial charge in [-0.2, -0.15) is 0 Å². The van der Waals surface area contributed by atoms with Crippen molar-refractivity contribution in [2.45, 2.75) is 32.3 Å². The lowest BCUT2D eigenvalue weighted by molar-refractivity contribution is -0.0301. The van der Waals surface area contributed by atoms with E-state index in [1.165, 1.54) is 11.1 Å². The molecular weight excluding hydrogens is 336 g/mol. The van der Waals surface area contributed by atoms with E-state index >= 15 is 0 Å². The van der Waals surface area contributed by atoms with E-state index in [1.807, 2.05) is 18.2 Å². The maximum atomic E-state index is 12.3. The van der Waals surface area contributed by atoms with Crippen molar-refractivity contribution in [1.82, 2.24) is 10.2 Å². The molecule has 0 unspecified atom stereocenters. The van der Waals surface area contributed by atoms with E-state index in [9.17, 15) is 4.79 Å². The van der Waals surface area contributed by atoms with Crippen LogP contribution < -0.4 is 5.32 Å². The number of morpholine rings is 1. The number of nitrogens with zero attached hydrogens (tertiary/aromatic N) is 1. The van der Waals surface area contributed by atoms with E-state index in [0.717, 1.165) is 51.1 Å². The molecule has 1 fully saturated rings. The average Bonchev–Trinajstić information content (AvgIpc) is 2.73. The SMILES string of the molecule is CCCc1ccc(C(=O)NCCCN2CCO[C@@H](c3ccccc3)C2)cc1. The minimum absolute atomic E-state index is 0.0159. The fourth-order valence-corrected chi connectivity index (χ4v) is 3.49. The molecule has 0 radical (unpaired) electrons. The third kappa shape index (κ3) is 5.91. The molecular formula is C23H30N2O2. The first-order valence-electron chi connectivity index (χ1n) is 10.0. The van der Waals surface area contributed by atoms with Crippen LogP contribution in [0.1, 0.15) is 47.4 Å². The summed E-state index contributed by atoms with van der Waals surface area (Å²) in [7, 11) is 0. The number of carbonyl (C=O) groups excluding carboxylic acids is 1. The number of carbonyl (C=O) groups is 1. The fourth-order valence-electron chi connectivity index (χ4n) is 3.49. The van der Waals surface area contributed by atoms with E-state index in [1.54, 1.807) is 0 Å². The standard InChI is InChI=1S/C23H30N2O2/c1-2-7-19-10-12-21(13-11-19)23(26)24-14-6-15-25-16-17-27-22(18-25)20-8-4-3-5-9-20/h3-5,8-13,22H,2,6-7,14-18H2,1H3,(H,24,26)/t22-/m1/s1. The Hall–Kier alpha value is -2.17. The first-order chi connectivity index (χ1) is 13.3. The van der Waals surface area contributed by atoms with E-state index in [2.05, 4.69) is 53.5 Å². The van der Waals surface area contributed by atoms with Gasteiger partial charge in [0.15, 0.2) is 0 Å². The quantitative estimate of drug-likeness (QED) is 0.722. The molecule has 1 saturated heterocycles. The molecule has 1 aliphatic heterocycles. The Morgan fingerprint density at radius 3 is 2.67 bits per heavy atom. The second kappa shape index (κ2) is 10.2. The van der Waals surface area contributed by atoms with Crippen LogP contribution in [0.25, 0.3) is 0 Å². The van der Waals surface area contributed by atoms with E-state index < -0.39 is 0 Å². The molecule has 27 heavy (non-hydrogen) atoms. The Morgan fingerprint density at radius 2 is 1.93 bits per heavy atom. The van der Waals surface area contributed by atoms with Gasteiger partial charge in [0.25, 0.3) is 5.91 Å². The first kappa shape index (κ1) is 19.6. The minimum atomic E-state index is 0.0159. The van der Waals surface area contributed by atoms with Crippen LogP contribution in [0.15, 0.2) is 54.6 Å². The molecule has 1 aliphatic rings. The second-order valence-corrected chi connectivity index (χ2v) is 7.13. The van der Waals surface area contributed by atoms with Crippen LogP contribution in [0.5, 0.6) is 0 Å². The van der Waals surface area contributed by atoms with Crippen LogP contribution in [-0.4, -0.2) is 43.6 Å². The van der Waals surface area contributed by atoms with Gasteiger partial charge in [-0.1, -0.05) is 55.8 Å². The first-order valence-corrected chi connectivity index (χ1v) is 10.0. The minimum Gasteiger partial charge on any atom is -0.371 e. The summed E-state index contributed by atoms with van der Waals surface area (Å²) in [5.41, 5.74) is 3.27. The van der Waals surface area contributed by atoms with Crippen LogP contribution >= 0.6 is 0 Å². The Morgan fingerprint density at radius 1 is 1.15 bits per heavy atom. The van der Waals surface area contributed by atoms with Gasteiger partial charge in [-0.25, -0.2) is 0 Å². The number of amides is 1. The zero-order chi connectivity index (χ0) is 18.9. The summed E-state index contributed by atoms with van der Waals surface area (Å²) in [5, 5.41) is 3.04. The van der Waals surface area contributed by atoms with E-state index in [4.69, 9.17) is 4.74 Å². The normalized spacial score (nSPS) is 17.6. The summed E-state index contributed by atoms with van der Waals surface area (Å²) in [6.45, 7) is 6.46. The molecule has 1 amide bonds. The van der Waals surface area contributed by atoms with Crippen LogP contribution in [0, 0.1) is 0 Å². The molecule has 0 bridgehead atoms. The highest BCUT2D eigenvalue weighted by atomic mass is 16.5. The Kier molecular flexibility index (Phi) is 7.43. The Bertz CT molecular complexity index is 700. The third-order valence-corrected chi connectivity index (χ3v) is 5.01. The lowest BCUT2D eigenvalue weighted by atomic mass is 10.1. The highest BCUT2D eigenvalue weighted by Gasteiger charge is 2.21. The average molecular weight is 367 g/mol. The predicted octanol–water partition coefficient (Wildman–Crippen LogP) is 3.83. The lowest BCUT2D eigenvalue weighted by Crippen LogP contribution is -2.39. The molecule has 0 saturated carbocycles. The molecule has 3 rings (SSSR count). The highest BCUT2D eigenvalue weighted by Crippen LogP contribution is 2.21. The molecule has 2 aromatic rings. The monoisotopic (exact) mass is 366 g/mol. The van der Waals surface area contributed by atoms with Crippen molar-refractivity contribution < 1.29 is 9.53 Å². The molecule has 144 valence electrons. The summed E-state index contributed by atoms with van der Waals surface area (Å²) < 4.78 is 5.91. The number of hydrogen-bond acceptors (Lipinski definition) is 3. The van der Waals surface area contributed by atoms with E-state index in [-0.39, 0.29) is 12.0 Å². The Labute approximate surface area is 162 Å². The summed E-state index contributed by atoms with van der Waals surface area (Å²) in [6.07, 6.45) is 3.28. The number of aryl methyl sites for hydroxylation is 1. The van der Waals surface area contributed by atoms with Gasteiger partial charge in [0, 0.05) is 31.7 Å². The van der Waals surface area contributed by atoms with Gasteiger partial charge in [-0.15, -0.1) is 0 Å². The van der Waals surface area contributed by atoms with Crippen LogP contribution in [0.4, 0.5) is 0 Å². The molecule has 0 spiro atoms. The number of hydrogen-bond donors (Lipinski definition) is 1. The molecule has 0 aromatic heterocycles. The van der Waals surface area contributed by atoms with Crippen LogP contribution in [0.3, 0.4) is 0 Å². The largest absolute Gasteiger partial charge is 0.371 e.